The predicted octanol–water partition coefficient (Wildman–Crippen LogP) is -0.173. The number of nitrogens with zero attached hydrogens (tertiary/aromatic N) is 3. The van der Waals surface area contributed by atoms with Gasteiger partial charge in [-0.15, -0.1) is 0 Å². The minimum atomic E-state index is -0.181. The van der Waals surface area contributed by atoms with Crippen LogP contribution in [0.2, 0.25) is 0 Å². The molecule has 0 spiro atoms. The van der Waals surface area contributed by atoms with Crippen molar-refractivity contribution in [3.8, 4) is 5.75 Å². The fourth-order valence-corrected chi connectivity index (χ4v) is 4.36. The fourth-order valence-electron chi connectivity index (χ4n) is 4.36. The summed E-state index contributed by atoms with van der Waals surface area (Å²) in [5, 5.41) is 0. The molecule has 3 aliphatic rings. The molecule has 3 saturated heterocycles. The molecule has 3 amide bonds. The van der Waals surface area contributed by atoms with Gasteiger partial charge in [-0.3, -0.25) is 9.69 Å². The summed E-state index contributed by atoms with van der Waals surface area (Å²) in [5.74, 6) is 0.921. The summed E-state index contributed by atoms with van der Waals surface area (Å²) in [4.78, 5) is 31.8. The number of amides is 3. The van der Waals surface area contributed by atoms with Crippen molar-refractivity contribution in [2.24, 2.45) is 0 Å². The molecule has 0 saturated carbocycles. The standard InChI is InChI=1S/C19H26N4O3/c1-26-17-7-3-2-5-15(17)21-12-9-20(10-13-21)11-14-23-18(24)16-6-4-8-22(16)19(23)25/h2-3,5,7,16H,4,6,8-14H2,1H3/p+1/t16-/m1/s1. The van der Waals surface area contributed by atoms with Gasteiger partial charge in [0.2, 0.25) is 0 Å². The second-order valence-corrected chi connectivity index (χ2v) is 7.28. The molecule has 3 heterocycles. The highest BCUT2D eigenvalue weighted by atomic mass is 16.5. The SMILES string of the molecule is COc1ccccc1N1CC[NH+](CCN2C(=O)[C@H]3CCCN3C2=O)CC1. The second-order valence-electron chi connectivity index (χ2n) is 7.28. The molecule has 1 N–H and O–H groups in total. The van der Waals surface area contributed by atoms with Crippen LogP contribution in [0.3, 0.4) is 0 Å². The number of para-hydroxylation sites is 2. The molecule has 0 aliphatic carbocycles. The lowest BCUT2D eigenvalue weighted by Gasteiger charge is -2.34. The molecular formula is C19H27N4O3+. The number of piperazine rings is 1. The summed E-state index contributed by atoms with van der Waals surface area (Å²) in [6, 6.07) is 7.85. The molecule has 7 nitrogen and oxygen atoms in total. The average molecular weight is 359 g/mol. The largest absolute Gasteiger partial charge is 0.495 e. The minimum absolute atomic E-state index is 0.0135. The monoisotopic (exact) mass is 359 g/mol. The van der Waals surface area contributed by atoms with Crippen LogP contribution in [0.1, 0.15) is 12.8 Å². The Labute approximate surface area is 154 Å². The van der Waals surface area contributed by atoms with Crippen LogP contribution in [0.4, 0.5) is 10.5 Å². The van der Waals surface area contributed by atoms with Crippen LogP contribution in [-0.2, 0) is 4.79 Å². The number of benzene rings is 1. The Kier molecular flexibility index (Phi) is 4.72. The average Bonchev–Trinajstić information content (AvgIpc) is 3.25. The van der Waals surface area contributed by atoms with Crippen molar-refractivity contribution >= 4 is 17.6 Å². The Hall–Kier alpha value is -2.28. The summed E-state index contributed by atoms with van der Waals surface area (Å²) < 4.78 is 5.47. The number of ether oxygens (including phenoxy) is 1. The number of methoxy groups -OCH3 is 1. The molecule has 26 heavy (non-hydrogen) atoms. The fraction of sp³-hybridized carbons (Fsp3) is 0.579. The van der Waals surface area contributed by atoms with E-state index in [9.17, 15) is 9.59 Å². The lowest BCUT2D eigenvalue weighted by Crippen LogP contribution is -3.15. The van der Waals surface area contributed by atoms with Gasteiger partial charge in [0.25, 0.3) is 5.91 Å². The molecular weight excluding hydrogens is 332 g/mol. The van der Waals surface area contributed by atoms with Crippen LogP contribution in [0, 0.1) is 0 Å². The zero-order valence-electron chi connectivity index (χ0n) is 15.3. The molecule has 140 valence electrons. The summed E-state index contributed by atoms with van der Waals surface area (Å²) in [6.45, 7) is 6.00. The van der Waals surface area contributed by atoms with E-state index < -0.39 is 0 Å². The van der Waals surface area contributed by atoms with Gasteiger partial charge in [0.05, 0.1) is 52.1 Å². The van der Waals surface area contributed by atoms with Gasteiger partial charge in [-0.05, 0) is 25.0 Å². The van der Waals surface area contributed by atoms with E-state index in [2.05, 4.69) is 11.0 Å². The first kappa shape index (κ1) is 17.1. The minimum Gasteiger partial charge on any atom is -0.495 e. The summed E-state index contributed by atoms with van der Waals surface area (Å²) in [7, 11) is 1.70. The third-order valence-electron chi connectivity index (χ3n) is 5.87. The number of anilines is 1. The van der Waals surface area contributed by atoms with Gasteiger partial charge in [-0.1, -0.05) is 12.1 Å². The van der Waals surface area contributed by atoms with Gasteiger partial charge < -0.3 is 19.4 Å². The van der Waals surface area contributed by atoms with E-state index in [4.69, 9.17) is 4.74 Å². The van der Waals surface area contributed by atoms with Gasteiger partial charge in [-0.2, -0.15) is 0 Å². The van der Waals surface area contributed by atoms with E-state index >= 15 is 0 Å². The molecule has 1 aromatic carbocycles. The number of nitrogens with one attached hydrogen (secondary N) is 1. The second kappa shape index (κ2) is 7.15. The highest BCUT2D eigenvalue weighted by molar-refractivity contribution is 6.04. The first-order chi connectivity index (χ1) is 12.7. The zero-order valence-corrected chi connectivity index (χ0v) is 15.3. The van der Waals surface area contributed by atoms with E-state index in [0.29, 0.717) is 6.54 Å². The lowest BCUT2D eigenvalue weighted by atomic mass is 10.2. The third kappa shape index (κ3) is 3.00. The van der Waals surface area contributed by atoms with E-state index in [1.807, 2.05) is 18.2 Å². The van der Waals surface area contributed by atoms with Crippen LogP contribution < -0.4 is 14.5 Å². The topological polar surface area (TPSA) is 57.5 Å². The predicted molar refractivity (Wildman–Crippen MR) is 97.6 cm³/mol. The number of hydrogen-bond donors (Lipinski definition) is 1. The van der Waals surface area contributed by atoms with Crippen LogP contribution >= 0.6 is 0 Å². The van der Waals surface area contributed by atoms with Crippen molar-refractivity contribution in [1.82, 2.24) is 9.80 Å². The van der Waals surface area contributed by atoms with Gasteiger partial charge in [0.1, 0.15) is 11.8 Å². The van der Waals surface area contributed by atoms with Gasteiger partial charge in [0, 0.05) is 6.54 Å². The number of fused-ring (bicyclic) bond motifs is 1. The van der Waals surface area contributed by atoms with Crippen LogP contribution in [-0.4, -0.2) is 80.7 Å². The molecule has 0 radical (unpaired) electrons. The van der Waals surface area contributed by atoms with Crippen molar-refractivity contribution in [2.45, 2.75) is 18.9 Å². The molecule has 3 fully saturated rings. The number of imide groups is 1. The molecule has 1 aromatic rings. The van der Waals surface area contributed by atoms with Gasteiger partial charge in [-0.25, -0.2) is 4.79 Å². The Balaban J connectivity index is 1.29. The van der Waals surface area contributed by atoms with Crippen molar-refractivity contribution in [3.63, 3.8) is 0 Å². The molecule has 0 aromatic heterocycles. The maximum Gasteiger partial charge on any atom is 0.327 e. The van der Waals surface area contributed by atoms with E-state index in [0.717, 1.165) is 63.5 Å². The maximum atomic E-state index is 12.4. The first-order valence-electron chi connectivity index (χ1n) is 9.52. The Morgan fingerprint density at radius 2 is 1.92 bits per heavy atom. The number of quaternary nitrogens is 1. The summed E-state index contributed by atoms with van der Waals surface area (Å²) >= 11 is 0. The van der Waals surface area contributed by atoms with Crippen molar-refractivity contribution in [3.05, 3.63) is 24.3 Å². The Morgan fingerprint density at radius 1 is 1.15 bits per heavy atom. The smallest absolute Gasteiger partial charge is 0.327 e. The highest BCUT2D eigenvalue weighted by Gasteiger charge is 2.47. The molecule has 1 atom stereocenters. The van der Waals surface area contributed by atoms with Crippen LogP contribution in [0.5, 0.6) is 5.75 Å². The first-order valence-corrected chi connectivity index (χ1v) is 9.52. The summed E-state index contributed by atoms with van der Waals surface area (Å²) in [5.41, 5.74) is 1.14. The van der Waals surface area contributed by atoms with E-state index in [1.54, 1.807) is 12.0 Å². The molecule has 4 rings (SSSR count). The van der Waals surface area contributed by atoms with Gasteiger partial charge in [0.15, 0.2) is 0 Å². The van der Waals surface area contributed by atoms with Crippen LogP contribution in [0.25, 0.3) is 0 Å². The summed E-state index contributed by atoms with van der Waals surface area (Å²) in [6.07, 6.45) is 1.78. The number of rotatable bonds is 5. The quantitative estimate of drug-likeness (QED) is 0.742. The Morgan fingerprint density at radius 3 is 2.65 bits per heavy atom. The van der Waals surface area contributed by atoms with Crippen LogP contribution in [0.15, 0.2) is 24.3 Å². The molecule has 0 unspecified atom stereocenters. The zero-order chi connectivity index (χ0) is 18.1. The molecule has 3 aliphatic heterocycles. The molecule has 7 heteroatoms. The highest BCUT2D eigenvalue weighted by Crippen LogP contribution is 2.28. The van der Waals surface area contributed by atoms with Crippen molar-refractivity contribution in [1.29, 1.82) is 0 Å². The maximum absolute atomic E-state index is 12.4. The van der Waals surface area contributed by atoms with Crippen molar-refractivity contribution in [2.75, 3.05) is 57.8 Å². The third-order valence-corrected chi connectivity index (χ3v) is 5.87. The van der Waals surface area contributed by atoms with Gasteiger partial charge >= 0.3 is 6.03 Å². The number of carbonyl (C=O) groups is 2. The number of carbonyl (C=O) groups excluding carboxylic acids is 2. The number of urea groups is 1. The molecule has 0 bridgehead atoms. The van der Waals surface area contributed by atoms with E-state index in [1.165, 1.54) is 9.80 Å². The Bertz CT molecular complexity index is 665. The lowest BCUT2D eigenvalue weighted by molar-refractivity contribution is -0.899. The number of hydrogen-bond acceptors (Lipinski definition) is 4. The van der Waals surface area contributed by atoms with Crippen molar-refractivity contribution < 1.29 is 19.2 Å². The van der Waals surface area contributed by atoms with E-state index in [-0.39, 0.29) is 18.0 Å². The normalized spacial score (nSPS) is 23.7.